The number of hydrogen-bond donors (Lipinski definition) is 1. The van der Waals surface area contributed by atoms with Crippen molar-refractivity contribution < 1.29 is 14.3 Å². The molecule has 0 radical (unpaired) electrons. The number of pyridine rings is 2. The number of carbonyl (C=O) groups is 2. The molecule has 2 atom stereocenters. The van der Waals surface area contributed by atoms with E-state index in [1.54, 1.807) is 30.7 Å². The smallest absolute Gasteiger partial charge is 0.338 e. The Hall–Kier alpha value is -4.06. The summed E-state index contributed by atoms with van der Waals surface area (Å²) in [5.41, 5.74) is 3.02. The molecule has 6 heteroatoms. The Labute approximate surface area is 185 Å². The van der Waals surface area contributed by atoms with Crippen molar-refractivity contribution in [2.75, 3.05) is 5.32 Å². The summed E-state index contributed by atoms with van der Waals surface area (Å²) >= 11 is 0. The van der Waals surface area contributed by atoms with Gasteiger partial charge in [-0.15, -0.1) is 0 Å². The fourth-order valence-corrected chi connectivity index (χ4v) is 3.82. The second kappa shape index (κ2) is 8.59. The fourth-order valence-electron chi connectivity index (χ4n) is 3.82. The largest absolute Gasteiger partial charge is 0.456 e. The molecule has 2 unspecified atom stereocenters. The van der Waals surface area contributed by atoms with Crippen LogP contribution in [0.1, 0.15) is 34.0 Å². The second-order valence-electron chi connectivity index (χ2n) is 7.89. The lowest BCUT2D eigenvalue weighted by molar-refractivity contribution is -0.117. The molecular formula is C26H21N3O3. The van der Waals surface area contributed by atoms with Gasteiger partial charge in [-0.3, -0.25) is 14.8 Å². The lowest BCUT2D eigenvalue weighted by Gasteiger charge is -2.07. The summed E-state index contributed by atoms with van der Waals surface area (Å²) in [6.07, 6.45) is 6.00. The molecule has 2 aromatic heterocycles. The van der Waals surface area contributed by atoms with Gasteiger partial charge in [0.05, 0.1) is 11.3 Å². The van der Waals surface area contributed by atoms with Gasteiger partial charge < -0.3 is 10.1 Å². The van der Waals surface area contributed by atoms with Crippen molar-refractivity contribution in [3.63, 3.8) is 0 Å². The predicted molar refractivity (Wildman–Crippen MR) is 121 cm³/mol. The highest BCUT2D eigenvalue weighted by atomic mass is 16.5. The minimum atomic E-state index is -0.390. The van der Waals surface area contributed by atoms with Crippen LogP contribution in [-0.4, -0.2) is 21.8 Å². The van der Waals surface area contributed by atoms with Gasteiger partial charge in [-0.2, -0.15) is 0 Å². The van der Waals surface area contributed by atoms with Crippen molar-refractivity contribution in [1.29, 1.82) is 0 Å². The molecule has 1 aliphatic rings. The Morgan fingerprint density at radius 2 is 1.84 bits per heavy atom. The van der Waals surface area contributed by atoms with Gasteiger partial charge >= 0.3 is 5.97 Å². The maximum atomic E-state index is 12.7. The number of aromatic nitrogens is 2. The number of amides is 1. The van der Waals surface area contributed by atoms with Crippen LogP contribution in [0.3, 0.4) is 0 Å². The number of ether oxygens (including phenoxy) is 1. The summed E-state index contributed by atoms with van der Waals surface area (Å²) in [5.74, 6) is -0.274. The zero-order chi connectivity index (χ0) is 21.9. The van der Waals surface area contributed by atoms with Gasteiger partial charge in [0.1, 0.15) is 6.61 Å². The van der Waals surface area contributed by atoms with Crippen LogP contribution in [-0.2, 0) is 16.1 Å². The molecule has 32 heavy (non-hydrogen) atoms. The standard InChI is InChI=1S/C26H21N3O3/c30-25(29-21-9-8-20-15-27-12-10-19(20)13-21)24-14-23(24)17-4-6-18(7-5-17)26(31)32-16-22-3-1-2-11-28-22/h1-13,15,23-24H,14,16H2,(H,29,30). The Morgan fingerprint density at radius 1 is 0.969 bits per heavy atom. The summed E-state index contributed by atoms with van der Waals surface area (Å²) < 4.78 is 5.32. The number of rotatable bonds is 6. The number of esters is 1. The van der Waals surface area contributed by atoms with Crippen LogP contribution < -0.4 is 5.32 Å². The Balaban J connectivity index is 1.17. The second-order valence-corrected chi connectivity index (χ2v) is 7.89. The summed E-state index contributed by atoms with van der Waals surface area (Å²) in [5, 5.41) is 5.09. The third-order valence-corrected chi connectivity index (χ3v) is 5.69. The first-order valence-corrected chi connectivity index (χ1v) is 10.5. The SMILES string of the molecule is O=C(OCc1ccccn1)c1ccc(C2CC2C(=O)Nc2ccc3cnccc3c2)cc1. The molecule has 5 rings (SSSR count). The molecule has 2 heterocycles. The van der Waals surface area contributed by atoms with Crippen LogP contribution in [0.25, 0.3) is 10.8 Å². The van der Waals surface area contributed by atoms with Gasteiger partial charge in [0.15, 0.2) is 0 Å². The van der Waals surface area contributed by atoms with E-state index in [2.05, 4.69) is 15.3 Å². The maximum absolute atomic E-state index is 12.7. The van der Waals surface area contributed by atoms with E-state index in [0.717, 1.165) is 28.4 Å². The zero-order valence-corrected chi connectivity index (χ0v) is 17.3. The number of hydrogen-bond acceptors (Lipinski definition) is 5. The Morgan fingerprint density at radius 3 is 2.66 bits per heavy atom. The monoisotopic (exact) mass is 423 g/mol. The number of fused-ring (bicyclic) bond motifs is 1. The lowest BCUT2D eigenvalue weighted by Crippen LogP contribution is -2.14. The van der Waals surface area contributed by atoms with E-state index in [4.69, 9.17) is 4.74 Å². The molecule has 158 valence electrons. The first-order valence-electron chi connectivity index (χ1n) is 10.5. The molecule has 1 fully saturated rings. The number of anilines is 1. The quantitative estimate of drug-likeness (QED) is 0.454. The molecular weight excluding hydrogens is 402 g/mol. The zero-order valence-electron chi connectivity index (χ0n) is 17.3. The highest BCUT2D eigenvalue weighted by molar-refractivity contribution is 5.97. The van der Waals surface area contributed by atoms with Crippen LogP contribution in [0.2, 0.25) is 0 Å². The minimum Gasteiger partial charge on any atom is -0.456 e. The van der Waals surface area contributed by atoms with Gasteiger partial charge in [0.2, 0.25) is 5.91 Å². The first kappa shape index (κ1) is 19.9. The van der Waals surface area contributed by atoms with Crippen molar-refractivity contribution in [1.82, 2.24) is 9.97 Å². The molecule has 0 aliphatic heterocycles. The van der Waals surface area contributed by atoms with Crippen molar-refractivity contribution in [2.45, 2.75) is 18.9 Å². The third kappa shape index (κ3) is 4.34. The third-order valence-electron chi connectivity index (χ3n) is 5.69. The highest BCUT2D eigenvalue weighted by Gasteiger charge is 2.43. The first-order chi connectivity index (χ1) is 15.7. The molecule has 0 spiro atoms. The summed E-state index contributed by atoms with van der Waals surface area (Å²) in [6.45, 7) is 0.136. The van der Waals surface area contributed by atoms with Gasteiger partial charge in [0, 0.05) is 35.6 Å². The molecule has 1 aliphatic carbocycles. The van der Waals surface area contributed by atoms with Gasteiger partial charge in [-0.25, -0.2) is 4.79 Å². The van der Waals surface area contributed by atoms with Gasteiger partial charge in [0.25, 0.3) is 0 Å². The number of nitrogens with one attached hydrogen (secondary N) is 1. The van der Waals surface area contributed by atoms with E-state index in [0.29, 0.717) is 11.3 Å². The van der Waals surface area contributed by atoms with Crippen LogP contribution >= 0.6 is 0 Å². The Bertz CT molecular complexity index is 1270. The maximum Gasteiger partial charge on any atom is 0.338 e. The molecule has 2 aromatic carbocycles. The summed E-state index contributed by atoms with van der Waals surface area (Å²) in [7, 11) is 0. The van der Waals surface area contributed by atoms with Crippen LogP contribution in [0.15, 0.2) is 85.3 Å². The minimum absolute atomic E-state index is 0.0160. The molecule has 1 N–H and O–H groups in total. The average molecular weight is 423 g/mol. The van der Waals surface area contributed by atoms with Crippen LogP contribution in [0.4, 0.5) is 5.69 Å². The number of carbonyl (C=O) groups excluding carboxylic acids is 2. The molecule has 0 bridgehead atoms. The van der Waals surface area contributed by atoms with Crippen molar-refractivity contribution >= 4 is 28.3 Å². The number of nitrogens with zero attached hydrogens (tertiary/aromatic N) is 2. The highest BCUT2D eigenvalue weighted by Crippen LogP contribution is 2.48. The molecule has 0 saturated heterocycles. The summed E-state index contributed by atoms with van der Waals surface area (Å²) in [6, 6.07) is 20.5. The van der Waals surface area contributed by atoms with E-state index in [-0.39, 0.29) is 24.3 Å². The lowest BCUT2D eigenvalue weighted by atomic mass is 10.1. The molecule has 1 amide bonds. The average Bonchev–Trinajstić information content (AvgIpc) is 3.64. The van der Waals surface area contributed by atoms with E-state index in [1.807, 2.05) is 54.6 Å². The molecule has 6 nitrogen and oxygen atoms in total. The van der Waals surface area contributed by atoms with E-state index in [9.17, 15) is 9.59 Å². The van der Waals surface area contributed by atoms with Gasteiger partial charge in [-0.1, -0.05) is 24.3 Å². The van der Waals surface area contributed by atoms with Crippen molar-refractivity contribution in [3.05, 3.63) is 102 Å². The Kier molecular flexibility index (Phi) is 5.34. The topological polar surface area (TPSA) is 81.2 Å². The van der Waals surface area contributed by atoms with Crippen molar-refractivity contribution in [2.24, 2.45) is 5.92 Å². The fraction of sp³-hybridized carbons (Fsp3) is 0.154. The van der Waals surface area contributed by atoms with E-state index in [1.165, 1.54) is 0 Å². The van der Waals surface area contributed by atoms with Gasteiger partial charge in [-0.05, 0) is 65.8 Å². The van der Waals surface area contributed by atoms with Crippen LogP contribution in [0, 0.1) is 5.92 Å². The van der Waals surface area contributed by atoms with E-state index < -0.39 is 5.97 Å². The molecule has 1 saturated carbocycles. The molecule has 4 aromatic rings. The normalized spacial score (nSPS) is 17.0. The number of benzene rings is 2. The summed E-state index contributed by atoms with van der Waals surface area (Å²) in [4.78, 5) is 33.2. The van der Waals surface area contributed by atoms with Crippen molar-refractivity contribution in [3.8, 4) is 0 Å². The van der Waals surface area contributed by atoms with Crippen LogP contribution in [0.5, 0.6) is 0 Å². The predicted octanol–water partition coefficient (Wildman–Crippen LogP) is 4.73. The van der Waals surface area contributed by atoms with E-state index >= 15 is 0 Å².